The van der Waals surface area contributed by atoms with E-state index in [4.69, 9.17) is 10.8 Å². The number of carboxylic acids is 1. The summed E-state index contributed by atoms with van der Waals surface area (Å²) in [7, 11) is 0. The number of hydrogen-bond donors (Lipinski definition) is 2. The maximum atomic E-state index is 11.7. The molecular weight excluding hydrogens is 208 g/mol. The molecule has 1 aliphatic heterocycles. The van der Waals surface area contributed by atoms with Crippen LogP contribution in [0.3, 0.4) is 0 Å². The van der Waals surface area contributed by atoms with Crippen LogP contribution < -0.4 is 5.73 Å². The van der Waals surface area contributed by atoms with Gasteiger partial charge in [0.25, 0.3) is 0 Å². The van der Waals surface area contributed by atoms with Crippen molar-refractivity contribution in [3.05, 3.63) is 0 Å². The largest absolute Gasteiger partial charge is 0.480 e. The third-order valence-corrected chi connectivity index (χ3v) is 3.16. The summed E-state index contributed by atoms with van der Waals surface area (Å²) in [4.78, 5) is 23.9. The van der Waals surface area contributed by atoms with E-state index in [2.05, 4.69) is 13.8 Å². The van der Waals surface area contributed by atoms with Crippen LogP contribution in [-0.4, -0.2) is 41.0 Å². The highest BCUT2D eigenvalue weighted by molar-refractivity contribution is 5.78. The van der Waals surface area contributed by atoms with E-state index in [9.17, 15) is 9.59 Å². The Balaban J connectivity index is 2.60. The molecule has 0 bridgehead atoms. The van der Waals surface area contributed by atoms with Crippen LogP contribution in [0.1, 0.15) is 33.1 Å². The molecule has 0 spiro atoms. The molecule has 0 aliphatic carbocycles. The standard InChI is InChI=1S/C11H20N2O3/c1-11(2)4-3-9(14)13(6-5-11)7-8(12)10(15)16/h8H,3-7,12H2,1-2H3,(H,15,16). The van der Waals surface area contributed by atoms with Crippen molar-refractivity contribution in [1.82, 2.24) is 4.90 Å². The summed E-state index contributed by atoms with van der Waals surface area (Å²) in [6, 6.07) is -0.981. The second kappa shape index (κ2) is 4.82. The normalized spacial score (nSPS) is 22.7. The smallest absolute Gasteiger partial charge is 0.322 e. The Kier molecular flexibility index (Phi) is 3.91. The van der Waals surface area contributed by atoms with Gasteiger partial charge in [-0.3, -0.25) is 9.59 Å². The summed E-state index contributed by atoms with van der Waals surface area (Å²) >= 11 is 0. The fourth-order valence-corrected chi connectivity index (χ4v) is 1.80. The number of rotatable bonds is 3. The van der Waals surface area contributed by atoms with Crippen molar-refractivity contribution < 1.29 is 14.7 Å². The Morgan fingerprint density at radius 1 is 1.56 bits per heavy atom. The molecule has 3 N–H and O–H groups in total. The lowest BCUT2D eigenvalue weighted by molar-refractivity contribution is -0.140. The minimum atomic E-state index is -1.06. The zero-order chi connectivity index (χ0) is 12.3. The van der Waals surface area contributed by atoms with Gasteiger partial charge in [-0.25, -0.2) is 0 Å². The molecule has 92 valence electrons. The second-order valence-electron chi connectivity index (χ2n) is 5.20. The SMILES string of the molecule is CC1(C)CCC(=O)N(CC(N)C(=O)O)CC1. The van der Waals surface area contributed by atoms with Gasteiger partial charge in [-0.1, -0.05) is 13.8 Å². The molecule has 5 heteroatoms. The van der Waals surface area contributed by atoms with Crippen LogP contribution in [0.4, 0.5) is 0 Å². The molecule has 1 saturated heterocycles. The third-order valence-electron chi connectivity index (χ3n) is 3.16. The highest BCUT2D eigenvalue weighted by Gasteiger charge is 2.29. The Hall–Kier alpha value is -1.10. The van der Waals surface area contributed by atoms with E-state index in [0.717, 1.165) is 12.8 Å². The lowest BCUT2D eigenvalue weighted by Crippen LogP contribution is -2.45. The molecule has 1 rings (SSSR count). The van der Waals surface area contributed by atoms with Crippen molar-refractivity contribution in [3.8, 4) is 0 Å². The minimum Gasteiger partial charge on any atom is -0.480 e. The summed E-state index contributed by atoms with van der Waals surface area (Å²) in [5.41, 5.74) is 5.59. The maximum Gasteiger partial charge on any atom is 0.322 e. The van der Waals surface area contributed by atoms with Crippen molar-refractivity contribution >= 4 is 11.9 Å². The molecule has 1 heterocycles. The van der Waals surface area contributed by atoms with E-state index in [1.54, 1.807) is 4.90 Å². The molecule has 0 saturated carbocycles. The fourth-order valence-electron chi connectivity index (χ4n) is 1.80. The van der Waals surface area contributed by atoms with Gasteiger partial charge in [0.2, 0.25) is 5.91 Å². The van der Waals surface area contributed by atoms with Gasteiger partial charge in [0, 0.05) is 19.5 Å². The van der Waals surface area contributed by atoms with Crippen molar-refractivity contribution in [2.24, 2.45) is 11.1 Å². The Bertz CT molecular complexity index is 289. The average Bonchev–Trinajstić information content (AvgIpc) is 2.30. The van der Waals surface area contributed by atoms with E-state index in [1.807, 2.05) is 0 Å². The number of carbonyl (C=O) groups is 2. The van der Waals surface area contributed by atoms with Crippen molar-refractivity contribution in [3.63, 3.8) is 0 Å². The third kappa shape index (κ3) is 3.48. The summed E-state index contributed by atoms with van der Waals surface area (Å²) in [5, 5.41) is 8.71. The quantitative estimate of drug-likeness (QED) is 0.734. The van der Waals surface area contributed by atoms with Gasteiger partial charge in [0.15, 0.2) is 0 Å². The van der Waals surface area contributed by atoms with Gasteiger partial charge in [-0.15, -0.1) is 0 Å². The topological polar surface area (TPSA) is 83.6 Å². The number of amides is 1. The molecule has 0 aromatic rings. The van der Waals surface area contributed by atoms with Gasteiger partial charge in [-0.05, 0) is 18.3 Å². The Labute approximate surface area is 95.6 Å². The highest BCUT2D eigenvalue weighted by atomic mass is 16.4. The van der Waals surface area contributed by atoms with Gasteiger partial charge >= 0.3 is 5.97 Å². The molecular formula is C11H20N2O3. The van der Waals surface area contributed by atoms with E-state index in [0.29, 0.717) is 13.0 Å². The molecule has 1 unspecified atom stereocenters. The average molecular weight is 228 g/mol. The number of hydrogen-bond acceptors (Lipinski definition) is 3. The van der Waals surface area contributed by atoms with Crippen molar-refractivity contribution in [1.29, 1.82) is 0 Å². The van der Waals surface area contributed by atoms with Crippen molar-refractivity contribution in [2.75, 3.05) is 13.1 Å². The number of nitrogens with two attached hydrogens (primary N) is 1. The number of aliphatic carboxylic acids is 1. The van der Waals surface area contributed by atoms with Crippen LogP contribution >= 0.6 is 0 Å². The lowest BCUT2D eigenvalue weighted by atomic mass is 9.85. The molecule has 1 aliphatic rings. The molecule has 16 heavy (non-hydrogen) atoms. The predicted octanol–water partition coefficient (Wildman–Crippen LogP) is 0.437. The van der Waals surface area contributed by atoms with Gasteiger partial charge in [0.1, 0.15) is 6.04 Å². The molecule has 1 amide bonds. The zero-order valence-electron chi connectivity index (χ0n) is 9.90. The van der Waals surface area contributed by atoms with E-state index in [1.165, 1.54) is 0 Å². The lowest BCUT2D eigenvalue weighted by Gasteiger charge is -2.24. The first-order valence-electron chi connectivity index (χ1n) is 5.58. The first kappa shape index (κ1) is 13.0. The van der Waals surface area contributed by atoms with Crippen LogP contribution in [0.15, 0.2) is 0 Å². The van der Waals surface area contributed by atoms with E-state index in [-0.39, 0.29) is 17.9 Å². The van der Waals surface area contributed by atoms with Gasteiger partial charge < -0.3 is 15.7 Å². The second-order valence-corrected chi connectivity index (χ2v) is 5.20. The molecule has 0 aromatic heterocycles. The van der Waals surface area contributed by atoms with Gasteiger partial charge in [0.05, 0.1) is 0 Å². The molecule has 0 aromatic carbocycles. The van der Waals surface area contributed by atoms with Crippen LogP contribution in [-0.2, 0) is 9.59 Å². The summed E-state index contributed by atoms with van der Waals surface area (Å²) in [6.07, 6.45) is 2.23. The summed E-state index contributed by atoms with van der Waals surface area (Å²) < 4.78 is 0. The predicted molar refractivity (Wildman–Crippen MR) is 59.8 cm³/mol. The first-order valence-corrected chi connectivity index (χ1v) is 5.58. The highest BCUT2D eigenvalue weighted by Crippen LogP contribution is 2.30. The number of nitrogens with zero attached hydrogens (tertiary/aromatic N) is 1. The number of likely N-dealkylation sites (tertiary alicyclic amines) is 1. The van der Waals surface area contributed by atoms with Crippen LogP contribution in [0.2, 0.25) is 0 Å². The van der Waals surface area contributed by atoms with Crippen LogP contribution in [0.5, 0.6) is 0 Å². The molecule has 1 fully saturated rings. The first-order chi connectivity index (χ1) is 7.32. The zero-order valence-corrected chi connectivity index (χ0v) is 9.90. The monoisotopic (exact) mass is 228 g/mol. The van der Waals surface area contributed by atoms with Crippen LogP contribution in [0.25, 0.3) is 0 Å². The van der Waals surface area contributed by atoms with E-state index >= 15 is 0 Å². The number of carboxylic acid groups (broad SMARTS) is 1. The summed E-state index contributed by atoms with van der Waals surface area (Å²) in [5.74, 6) is -1.04. The summed E-state index contributed by atoms with van der Waals surface area (Å²) in [6.45, 7) is 4.97. The molecule has 1 atom stereocenters. The maximum absolute atomic E-state index is 11.7. The Morgan fingerprint density at radius 2 is 2.19 bits per heavy atom. The minimum absolute atomic E-state index is 0.0160. The van der Waals surface area contributed by atoms with Crippen molar-refractivity contribution in [2.45, 2.75) is 39.2 Å². The Morgan fingerprint density at radius 3 is 2.75 bits per heavy atom. The fraction of sp³-hybridized carbons (Fsp3) is 0.818. The molecule has 5 nitrogen and oxygen atoms in total. The number of carbonyl (C=O) groups excluding carboxylic acids is 1. The van der Waals surface area contributed by atoms with Crippen LogP contribution in [0, 0.1) is 5.41 Å². The van der Waals surface area contributed by atoms with Gasteiger partial charge in [-0.2, -0.15) is 0 Å². The van der Waals surface area contributed by atoms with E-state index < -0.39 is 12.0 Å². The molecule has 0 radical (unpaired) electrons.